The van der Waals surface area contributed by atoms with E-state index < -0.39 is 0 Å². The van der Waals surface area contributed by atoms with Gasteiger partial charge in [0, 0.05) is 49.3 Å². The van der Waals surface area contributed by atoms with Crippen molar-refractivity contribution >= 4 is 65.3 Å². The quantitative estimate of drug-likeness (QED) is 0.176. The molecule has 0 aliphatic carbocycles. The number of benzene rings is 9. The first-order chi connectivity index (χ1) is 28.7. The molecule has 0 amide bonds. The van der Waals surface area contributed by atoms with E-state index >= 15 is 0 Å². The molecule has 0 N–H and O–H groups in total. The van der Waals surface area contributed by atoms with Gasteiger partial charge in [-0.25, -0.2) is 15.0 Å². The summed E-state index contributed by atoms with van der Waals surface area (Å²) in [5.41, 5.74) is 10.0. The van der Waals surface area contributed by atoms with Gasteiger partial charge in [0.15, 0.2) is 17.5 Å². The summed E-state index contributed by atoms with van der Waals surface area (Å²) in [6.07, 6.45) is 0. The molecule has 0 aliphatic rings. The number of fused-ring (bicyclic) bond motifs is 9. The summed E-state index contributed by atoms with van der Waals surface area (Å²) in [5, 5.41) is 9.12. The summed E-state index contributed by atoms with van der Waals surface area (Å²) >= 11 is 0. The smallest absolute Gasteiger partial charge is 0.164 e. The molecule has 0 radical (unpaired) electrons. The summed E-state index contributed by atoms with van der Waals surface area (Å²) in [5.74, 6) is 1.78. The number of hydrogen-bond donors (Lipinski definition) is 0. The highest BCUT2D eigenvalue weighted by molar-refractivity contribution is 6.18. The first-order valence-electron chi connectivity index (χ1n) is 19.5. The van der Waals surface area contributed by atoms with Crippen molar-refractivity contribution in [3.63, 3.8) is 0 Å². The number of rotatable bonds is 5. The molecule has 0 bridgehead atoms. The summed E-state index contributed by atoms with van der Waals surface area (Å²) in [6, 6.07) is 68.1. The van der Waals surface area contributed by atoms with Crippen LogP contribution in [0.2, 0.25) is 0 Å². The number of nitrogens with zero attached hydrogens (tertiary/aromatic N) is 4. The number of para-hydroxylation sites is 2. The van der Waals surface area contributed by atoms with Gasteiger partial charge in [-0.1, -0.05) is 152 Å². The first kappa shape index (κ1) is 32.4. The molecule has 12 aromatic rings. The lowest BCUT2D eigenvalue weighted by molar-refractivity contribution is 0.669. The van der Waals surface area contributed by atoms with Crippen LogP contribution in [0.3, 0.4) is 0 Å². The fourth-order valence-electron chi connectivity index (χ4n) is 8.69. The predicted molar refractivity (Wildman–Crippen MR) is 238 cm³/mol. The number of aromatic nitrogens is 4. The molecule has 0 aliphatic heterocycles. The zero-order chi connectivity index (χ0) is 38.2. The van der Waals surface area contributed by atoms with Gasteiger partial charge in [-0.2, -0.15) is 0 Å². The van der Waals surface area contributed by atoms with Gasteiger partial charge in [0.05, 0.1) is 11.0 Å². The van der Waals surface area contributed by atoms with E-state index in [0.29, 0.717) is 17.5 Å². The number of hydrogen-bond acceptors (Lipinski definition) is 4. The zero-order valence-corrected chi connectivity index (χ0v) is 31.2. The van der Waals surface area contributed by atoms with Crippen LogP contribution in [-0.2, 0) is 0 Å². The summed E-state index contributed by atoms with van der Waals surface area (Å²) in [7, 11) is 0. The average molecular weight is 741 g/mol. The fraction of sp³-hybridized carbons (Fsp3) is 0. The van der Waals surface area contributed by atoms with Crippen molar-refractivity contribution in [3.8, 4) is 51.0 Å². The van der Waals surface area contributed by atoms with Gasteiger partial charge in [0.1, 0.15) is 11.2 Å². The molecule has 0 saturated heterocycles. The molecular weight excluding hydrogens is 709 g/mol. The molecule has 0 saturated carbocycles. The molecule has 0 atom stereocenters. The summed E-state index contributed by atoms with van der Waals surface area (Å²) in [4.78, 5) is 15.8. The van der Waals surface area contributed by atoms with Crippen molar-refractivity contribution in [1.82, 2.24) is 19.5 Å². The topological polar surface area (TPSA) is 56.7 Å². The van der Waals surface area contributed by atoms with E-state index in [0.717, 1.165) is 66.2 Å². The normalized spacial score (nSPS) is 11.8. The zero-order valence-electron chi connectivity index (χ0n) is 31.2. The molecule has 58 heavy (non-hydrogen) atoms. The maximum Gasteiger partial charge on any atom is 0.164 e. The minimum Gasteiger partial charge on any atom is -0.456 e. The molecular formula is C53H32N4O. The van der Waals surface area contributed by atoms with E-state index in [1.807, 2.05) is 36.4 Å². The van der Waals surface area contributed by atoms with Crippen LogP contribution in [0.4, 0.5) is 0 Å². The molecule has 0 spiro atoms. The molecule has 0 fully saturated rings. The Bertz CT molecular complexity index is 3580. The average Bonchev–Trinajstić information content (AvgIpc) is 3.85. The fourth-order valence-corrected chi connectivity index (χ4v) is 8.69. The molecule has 5 heteroatoms. The Morgan fingerprint density at radius 1 is 0.362 bits per heavy atom. The second kappa shape index (κ2) is 12.8. The first-order valence-corrected chi connectivity index (χ1v) is 19.5. The highest BCUT2D eigenvalue weighted by atomic mass is 16.3. The lowest BCUT2D eigenvalue weighted by atomic mass is 9.99. The van der Waals surface area contributed by atoms with Gasteiger partial charge in [-0.3, -0.25) is 0 Å². The van der Waals surface area contributed by atoms with Crippen LogP contribution in [0.15, 0.2) is 199 Å². The highest BCUT2D eigenvalue weighted by Gasteiger charge is 2.20. The SMILES string of the molecule is c1ccc(-c2ccc3ccc(-c4nc(-c5cccc(-n6c7ccccc7c7ccc8ccccc8c76)c5)nc(-c5cccc6oc7ccccc7c56)n4)cc3c2)cc1. The van der Waals surface area contributed by atoms with Crippen molar-refractivity contribution in [2.45, 2.75) is 0 Å². The van der Waals surface area contributed by atoms with Crippen LogP contribution in [0, 0.1) is 0 Å². The van der Waals surface area contributed by atoms with E-state index in [1.54, 1.807) is 0 Å². The minimum atomic E-state index is 0.587. The largest absolute Gasteiger partial charge is 0.456 e. The van der Waals surface area contributed by atoms with E-state index in [1.165, 1.54) is 32.6 Å². The maximum atomic E-state index is 6.32. The van der Waals surface area contributed by atoms with Crippen LogP contribution in [0.1, 0.15) is 0 Å². The second-order valence-electron chi connectivity index (χ2n) is 14.8. The van der Waals surface area contributed by atoms with Gasteiger partial charge in [-0.15, -0.1) is 0 Å². The lowest BCUT2D eigenvalue weighted by Crippen LogP contribution is -2.01. The van der Waals surface area contributed by atoms with Crippen LogP contribution in [0.5, 0.6) is 0 Å². The van der Waals surface area contributed by atoms with E-state index in [2.05, 4.69) is 162 Å². The van der Waals surface area contributed by atoms with Crippen molar-refractivity contribution in [2.24, 2.45) is 0 Å². The van der Waals surface area contributed by atoms with Crippen LogP contribution >= 0.6 is 0 Å². The Kier molecular flexibility index (Phi) is 7.16. The Hall–Kier alpha value is -7.89. The number of furan rings is 1. The standard InChI is InChI=1S/C53H32N4O/c1-2-12-33(13-3-1)36-26-24-34-25-27-38(31-39(34)30-36)52-54-51(55-53(56-52)45-20-11-23-48-49(45)44-19-7-9-22-47(44)58-48)37-15-10-16-40(32-37)57-46-21-8-6-18-42(46)43-29-28-35-14-4-5-17-41(35)50(43)57/h1-32H. The maximum absolute atomic E-state index is 6.32. The van der Waals surface area contributed by atoms with Gasteiger partial charge < -0.3 is 8.98 Å². The van der Waals surface area contributed by atoms with Crippen LogP contribution in [0.25, 0.3) is 116 Å². The van der Waals surface area contributed by atoms with Gasteiger partial charge in [0.25, 0.3) is 0 Å². The van der Waals surface area contributed by atoms with Crippen molar-refractivity contribution < 1.29 is 4.42 Å². The van der Waals surface area contributed by atoms with Crippen molar-refractivity contribution in [2.75, 3.05) is 0 Å². The monoisotopic (exact) mass is 740 g/mol. The van der Waals surface area contributed by atoms with E-state index in [4.69, 9.17) is 19.4 Å². The molecule has 0 unspecified atom stereocenters. The highest BCUT2D eigenvalue weighted by Crippen LogP contribution is 2.39. The summed E-state index contributed by atoms with van der Waals surface area (Å²) in [6.45, 7) is 0. The lowest BCUT2D eigenvalue weighted by Gasteiger charge is -2.13. The minimum absolute atomic E-state index is 0.587. The molecule has 270 valence electrons. The molecule has 3 aromatic heterocycles. The third-order valence-corrected chi connectivity index (χ3v) is 11.4. The Labute approximate surface area is 333 Å². The second-order valence-corrected chi connectivity index (χ2v) is 14.8. The van der Waals surface area contributed by atoms with E-state index in [9.17, 15) is 0 Å². The predicted octanol–water partition coefficient (Wildman–Crippen LogP) is 13.8. The van der Waals surface area contributed by atoms with Gasteiger partial charge in [0.2, 0.25) is 0 Å². The van der Waals surface area contributed by atoms with Gasteiger partial charge in [-0.05, 0) is 69.8 Å². The van der Waals surface area contributed by atoms with E-state index in [-0.39, 0.29) is 0 Å². The third-order valence-electron chi connectivity index (χ3n) is 11.4. The Balaban J connectivity index is 1.09. The van der Waals surface area contributed by atoms with Gasteiger partial charge >= 0.3 is 0 Å². The van der Waals surface area contributed by atoms with Crippen LogP contribution < -0.4 is 0 Å². The Morgan fingerprint density at radius 3 is 1.88 bits per heavy atom. The third kappa shape index (κ3) is 5.14. The molecule has 5 nitrogen and oxygen atoms in total. The van der Waals surface area contributed by atoms with Crippen molar-refractivity contribution in [3.05, 3.63) is 194 Å². The molecule has 9 aromatic carbocycles. The van der Waals surface area contributed by atoms with Crippen LogP contribution in [-0.4, -0.2) is 19.5 Å². The molecule has 12 rings (SSSR count). The Morgan fingerprint density at radius 2 is 1.00 bits per heavy atom. The van der Waals surface area contributed by atoms with Crippen molar-refractivity contribution in [1.29, 1.82) is 0 Å². The molecule has 3 heterocycles. The summed E-state index contributed by atoms with van der Waals surface area (Å²) < 4.78 is 8.70.